The van der Waals surface area contributed by atoms with Crippen LogP contribution in [0.3, 0.4) is 0 Å². The summed E-state index contributed by atoms with van der Waals surface area (Å²) in [7, 11) is 0. The lowest BCUT2D eigenvalue weighted by Gasteiger charge is -2.20. The Bertz CT molecular complexity index is 1940. The van der Waals surface area contributed by atoms with Crippen molar-refractivity contribution in [3.63, 3.8) is 0 Å². The van der Waals surface area contributed by atoms with Gasteiger partial charge in [-0.25, -0.2) is 0 Å². The molecule has 0 nitrogen and oxygen atoms in total. The van der Waals surface area contributed by atoms with Crippen LogP contribution in [0, 0.1) is 0 Å². The van der Waals surface area contributed by atoms with Gasteiger partial charge in [0.2, 0.25) is 0 Å². The maximum atomic E-state index is 2.35. The molecule has 0 heterocycles. The molecule has 0 saturated heterocycles. The van der Waals surface area contributed by atoms with E-state index in [1.54, 1.807) is 0 Å². The van der Waals surface area contributed by atoms with Crippen molar-refractivity contribution in [1.82, 2.24) is 0 Å². The molecule has 0 aliphatic carbocycles. The van der Waals surface area contributed by atoms with E-state index in [4.69, 9.17) is 0 Å². The van der Waals surface area contributed by atoms with Gasteiger partial charge in [0, 0.05) is 0 Å². The maximum absolute atomic E-state index is 2.35. The lowest BCUT2D eigenvalue weighted by atomic mass is 9.82. The second kappa shape index (κ2) is 4.98. The van der Waals surface area contributed by atoms with Crippen molar-refractivity contribution in [2.24, 2.45) is 0 Å². The third-order valence-corrected chi connectivity index (χ3v) is 7.12. The van der Waals surface area contributed by atoms with Crippen LogP contribution in [0.2, 0.25) is 0 Å². The van der Waals surface area contributed by atoms with Crippen LogP contribution in [0.5, 0.6) is 0 Å². The molecule has 0 radical (unpaired) electrons. The molecule has 0 aromatic heterocycles. The van der Waals surface area contributed by atoms with Crippen LogP contribution >= 0.6 is 0 Å². The van der Waals surface area contributed by atoms with Gasteiger partial charge in [-0.3, -0.25) is 0 Å². The number of fused-ring (bicyclic) bond motifs is 6. The van der Waals surface area contributed by atoms with Gasteiger partial charge in [-0.05, 0) is 75.4 Å². The first-order valence-corrected chi connectivity index (χ1v) is 10.5. The first kappa shape index (κ1) is 15.0. The van der Waals surface area contributed by atoms with Crippen molar-refractivity contribution in [2.45, 2.75) is 0 Å². The minimum absolute atomic E-state index is 1.30. The van der Waals surface area contributed by atoms with Crippen LogP contribution in [0.1, 0.15) is 0 Å². The summed E-state index contributed by atoms with van der Waals surface area (Å²) in [6, 6.07) is 36.2. The molecule has 0 heteroatoms. The summed E-state index contributed by atoms with van der Waals surface area (Å²) >= 11 is 0. The van der Waals surface area contributed by atoms with Crippen LogP contribution in [-0.2, 0) is 0 Å². The molecule has 0 bridgehead atoms. The Morgan fingerprint density at radius 2 is 0.700 bits per heavy atom. The topological polar surface area (TPSA) is 0 Å². The molecular weight excluding hydrogens is 360 g/mol. The Morgan fingerprint density at radius 1 is 0.233 bits per heavy atom. The molecular formula is C30H16. The average molecular weight is 376 g/mol. The third kappa shape index (κ3) is 1.58. The fourth-order valence-electron chi connectivity index (χ4n) is 5.95. The molecule has 0 amide bonds. The highest BCUT2D eigenvalue weighted by molar-refractivity contribution is 6.45. The Morgan fingerprint density at radius 3 is 1.43 bits per heavy atom. The van der Waals surface area contributed by atoms with Gasteiger partial charge in [0.15, 0.2) is 0 Å². The summed E-state index contributed by atoms with van der Waals surface area (Å²) < 4.78 is 0. The summed E-state index contributed by atoms with van der Waals surface area (Å²) in [5.74, 6) is 0. The Hall–Kier alpha value is -3.90. The van der Waals surface area contributed by atoms with Crippen LogP contribution in [0.25, 0.3) is 75.4 Å². The SMILES string of the molecule is c1ccc2c(c1)ccc1c3ccc4cccc5c6cccc7ccc(c21)c(c76)c3c45. The average Bonchev–Trinajstić information content (AvgIpc) is 2.82. The van der Waals surface area contributed by atoms with Gasteiger partial charge in [-0.1, -0.05) is 97.1 Å². The summed E-state index contributed by atoms with van der Waals surface area (Å²) in [6.45, 7) is 0. The number of hydrogen-bond acceptors (Lipinski definition) is 0. The standard InChI is InChI=1S/C30H16/c1-2-8-20-17(5-1)11-14-23-24-15-12-18-6-3-9-21-22-10-4-7-19-13-16-25(28(20)23)30(27(19)22)29(24)26(18)21/h1-16H. The summed E-state index contributed by atoms with van der Waals surface area (Å²) in [4.78, 5) is 0. The first-order chi connectivity index (χ1) is 14.9. The van der Waals surface area contributed by atoms with Gasteiger partial charge in [0.05, 0.1) is 0 Å². The van der Waals surface area contributed by atoms with E-state index in [0.717, 1.165) is 0 Å². The quantitative estimate of drug-likeness (QED) is 0.183. The molecule has 30 heavy (non-hydrogen) atoms. The smallest absolute Gasteiger partial charge is 0.000741 e. The highest BCUT2D eigenvalue weighted by atomic mass is 14.2. The predicted molar refractivity (Wildman–Crippen MR) is 131 cm³/mol. The van der Waals surface area contributed by atoms with Crippen molar-refractivity contribution in [2.75, 3.05) is 0 Å². The number of hydrogen-bond donors (Lipinski definition) is 0. The third-order valence-electron chi connectivity index (χ3n) is 7.12. The summed E-state index contributed by atoms with van der Waals surface area (Å²) in [6.07, 6.45) is 0. The Kier molecular flexibility index (Phi) is 2.49. The molecule has 0 aliphatic heterocycles. The van der Waals surface area contributed by atoms with Crippen molar-refractivity contribution < 1.29 is 0 Å². The van der Waals surface area contributed by atoms with E-state index < -0.39 is 0 Å². The van der Waals surface area contributed by atoms with E-state index in [-0.39, 0.29) is 0 Å². The van der Waals surface area contributed by atoms with E-state index in [0.29, 0.717) is 0 Å². The van der Waals surface area contributed by atoms with E-state index >= 15 is 0 Å². The van der Waals surface area contributed by atoms with Crippen LogP contribution in [-0.4, -0.2) is 0 Å². The van der Waals surface area contributed by atoms with Crippen molar-refractivity contribution in [1.29, 1.82) is 0 Å². The van der Waals surface area contributed by atoms with Gasteiger partial charge in [0.25, 0.3) is 0 Å². The van der Waals surface area contributed by atoms with Crippen LogP contribution in [0.4, 0.5) is 0 Å². The van der Waals surface area contributed by atoms with Gasteiger partial charge >= 0.3 is 0 Å². The molecule has 8 aromatic rings. The molecule has 0 atom stereocenters. The van der Waals surface area contributed by atoms with Gasteiger partial charge < -0.3 is 0 Å². The van der Waals surface area contributed by atoms with Crippen molar-refractivity contribution in [3.8, 4) is 0 Å². The van der Waals surface area contributed by atoms with E-state index in [1.807, 2.05) is 0 Å². The highest BCUT2D eigenvalue weighted by Gasteiger charge is 2.20. The fourth-order valence-corrected chi connectivity index (χ4v) is 5.95. The molecule has 0 fully saturated rings. The largest absolute Gasteiger partial charge is 0.0616 e. The normalized spacial score (nSPS) is 12.7. The molecule has 0 spiro atoms. The molecule has 8 aromatic carbocycles. The minimum atomic E-state index is 1.30. The Balaban J connectivity index is 1.88. The van der Waals surface area contributed by atoms with Crippen LogP contribution in [0.15, 0.2) is 97.1 Å². The van der Waals surface area contributed by atoms with E-state index in [1.165, 1.54) is 75.4 Å². The summed E-state index contributed by atoms with van der Waals surface area (Å²) in [5.41, 5.74) is 0. The van der Waals surface area contributed by atoms with Gasteiger partial charge in [-0.15, -0.1) is 0 Å². The number of benzene rings is 8. The molecule has 136 valence electrons. The van der Waals surface area contributed by atoms with Crippen molar-refractivity contribution in [3.05, 3.63) is 97.1 Å². The van der Waals surface area contributed by atoms with Crippen molar-refractivity contribution >= 4 is 75.4 Å². The van der Waals surface area contributed by atoms with Gasteiger partial charge in [0.1, 0.15) is 0 Å². The number of rotatable bonds is 0. The van der Waals surface area contributed by atoms with E-state index in [9.17, 15) is 0 Å². The highest BCUT2D eigenvalue weighted by Crippen LogP contribution is 2.48. The lowest BCUT2D eigenvalue weighted by molar-refractivity contribution is 1.79. The monoisotopic (exact) mass is 376 g/mol. The molecule has 0 aliphatic rings. The Labute approximate surface area is 172 Å². The van der Waals surface area contributed by atoms with E-state index in [2.05, 4.69) is 97.1 Å². The zero-order valence-corrected chi connectivity index (χ0v) is 16.2. The zero-order chi connectivity index (χ0) is 19.4. The zero-order valence-electron chi connectivity index (χ0n) is 16.2. The molecule has 0 N–H and O–H groups in total. The summed E-state index contributed by atoms with van der Waals surface area (Å²) in [5, 5.41) is 19.1. The molecule has 0 saturated carbocycles. The maximum Gasteiger partial charge on any atom is -0.000741 e. The van der Waals surface area contributed by atoms with Gasteiger partial charge in [-0.2, -0.15) is 0 Å². The molecule has 0 unspecified atom stereocenters. The fraction of sp³-hybridized carbons (Fsp3) is 0. The molecule has 8 rings (SSSR count). The van der Waals surface area contributed by atoms with Crippen LogP contribution < -0.4 is 0 Å². The second-order valence-corrected chi connectivity index (χ2v) is 8.49. The minimum Gasteiger partial charge on any atom is -0.0616 e. The lowest BCUT2D eigenvalue weighted by Crippen LogP contribution is -1.92. The second-order valence-electron chi connectivity index (χ2n) is 8.49. The first-order valence-electron chi connectivity index (χ1n) is 10.5. The predicted octanol–water partition coefficient (Wildman–Crippen LogP) is 8.63.